The van der Waals surface area contributed by atoms with Gasteiger partial charge in [0, 0.05) is 17.8 Å². The summed E-state index contributed by atoms with van der Waals surface area (Å²) in [7, 11) is 1.56. The van der Waals surface area contributed by atoms with Crippen LogP contribution in [0.1, 0.15) is 65.1 Å². The number of alkyl carbamates (subject to hydrolysis) is 1. The number of nitrogens with one attached hydrogen (secondary N) is 2. The fourth-order valence-corrected chi connectivity index (χ4v) is 3.93. The molecule has 3 amide bonds. The van der Waals surface area contributed by atoms with Gasteiger partial charge in [0.25, 0.3) is 5.91 Å². The molecule has 0 aromatic heterocycles. The zero-order chi connectivity index (χ0) is 28.5. The highest BCUT2D eigenvalue weighted by atomic mass is 16.6. The minimum atomic E-state index is -0.975. The van der Waals surface area contributed by atoms with E-state index in [-0.39, 0.29) is 18.4 Å². The Hall–Kier alpha value is -3.99. The number of likely N-dealkylation sites (N-methyl/N-ethyl adjacent to an activating group) is 1. The largest absolute Gasteiger partial charge is 0.497 e. The number of rotatable bonds is 10. The van der Waals surface area contributed by atoms with Crippen molar-refractivity contribution in [3.8, 4) is 18.1 Å². The summed E-state index contributed by atoms with van der Waals surface area (Å²) in [6, 6.07) is 12.0. The van der Waals surface area contributed by atoms with Gasteiger partial charge in [0.1, 0.15) is 23.4 Å². The van der Waals surface area contributed by atoms with E-state index in [4.69, 9.17) is 15.9 Å². The van der Waals surface area contributed by atoms with Gasteiger partial charge in [-0.3, -0.25) is 9.59 Å². The maximum Gasteiger partial charge on any atom is 0.408 e. The molecule has 0 aliphatic heterocycles. The second-order valence-corrected chi connectivity index (χ2v) is 10.3. The van der Waals surface area contributed by atoms with E-state index in [1.54, 1.807) is 83.3 Å². The molecule has 2 N–H and O–H groups in total. The van der Waals surface area contributed by atoms with Gasteiger partial charge in [0.2, 0.25) is 5.91 Å². The fourth-order valence-electron chi connectivity index (χ4n) is 3.93. The Labute approximate surface area is 226 Å². The molecule has 38 heavy (non-hydrogen) atoms. The van der Waals surface area contributed by atoms with Gasteiger partial charge in [-0.15, -0.1) is 6.42 Å². The number of terminal acetylenes is 1. The van der Waals surface area contributed by atoms with Crippen molar-refractivity contribution in [1.82, 2.24) is 10.2 Å². The van der Waals surface area contributed by atoms with Gasteiger partial charge < -0.3 is 25.0 Å². The second-order valence-electron chi connectivity index (χ2n) is 10.3. The van der Waals surface area contributed by atoms with Crippen molar-refractivity contribution in [2.45, 2.75) is 65.6 Å². The summed E-state index contributed by atoms with van der Waals surface area (Å²) in [5, 5.41) is 5.62. The lowest BCUT2D eigenvalue weighted by Crippen LogP contribution is -2.52. The van der Waals surface area contributed by atoms with Crippen LogP contribution in [0.3, 0.4) is 0 Å². The first kappa shape index (κ1) is 30.2. The lowest BCUT2D eigenvalue weighted by molar-refractivity contribution is -0.140. The first-order chi connectivity index (χ1) is 17.9. The third-order valence-electron chi connectivity index (χ3n) is 5.63. The Kier molecular flexibility index (Phi) is 10.8. The Morgan fingerprint density at radius 2 is 1.63 bits per heavy atom. The number of anilines is 1. The van der Waals surface area contributed by atoms with Gasteiger partial charge in [-0.2, -0.15) is 0 Å². The third kappa shape index (κ3) is 8.84. The van der Waals surface area contributed by atoms with E-state index in [1.165, 1.54) is 4.90 Å². The van der Waals surface area contributed by atoms with Crippen LogP contribution in [0.2, 0.25) is 0 Å². The van der Waals surface area contributed by atoms with Gasteiger partial charge >= 0.3 is 6.09 Å². The molecule has 2 atom stereocenters. The standard InChI is InChI=1S/C30H39N3O5/c1-9-21-11-13-22(14-12-21)26(27(34)31-23-15-17-24(37-8)18-16-23)33(10-2)28(35)25(19-20(3)4)32-29(36)38-30(5,6)7/h1,11-18,20,25-26H,10,19H2,2-8H3,(H,31,34)(H,32,36). The first-order valence-corrected chi connectivity index (χ1v) is 12.7. The van der Waals surface area contributed by atoms with Gasteiger partial charge in [-0.25, -0.2) is 4.79 Å². The number of benzene rings is 2. The molecule has 0 saturated heterocycles. The number of nitrogens with zero attached hydrogens (tertiary/aromatic N) is 1. The van der Waals surface area contributed by atoms with Crippen molar-refractivity contribution in [3.05, 3.63) is 59.7 Å². The highest BCUT2D eigenvalue weighted by Gasteiger charge is 2.35. The Morgan fingerprint density at radius 3 is 2.11 bits per heavy atom. The maximum atomic E-state index is 13.9. The minimum absolute atomic E-state index is 0.0964. The lowest BCUT2D eigenvalue weighted by atomic mass is 9.98. The molecule has 8 nitrogen and oxygen atoms in total. The Bertz CT molecular complexity index is 1130. The van der Waals surface area contributed by atoms with E-state index < -0.39 is 29.7 Å². The topological polar surface area (TPSA) is 97.0 Å². The smallest absolute Gasteiger partial charge is 0.408 e. The van der Waals surface area contributed by atoms with Crippen molar-refractivity contribution >= 4 is 23.6 Å². The number of carbonyl (C=O) groups is 3. The summed E-state index contributed by atoms with van der Waals surface area (Å²) >= 11 is 0. The predicted molar refractivity (Wildman–Crippen MR) is 149 cm³/mol. The maximum absolute atomic E-state index is 13.9. The van der Waals surface area contributed by atoms with Gasteiger partial charge in [-0.05, 0) is 82.0 Å². The average molecular weight is 522 g/mol. The van der Waals surface area contributed by atoms with E-state index in [9.17, 15) is 14.4 Å². The normalized spacial score (nSPS) is 12.6. The SMILES string of the molecule is C#Cc1ccc(C(C(=O)Nc2ccc(OC)cc2)N(CC)C(=O)C(CC(C)C)NC(=O)OC(C)(C)C)cc1. The molecule has 2 rings (SSSR count). The van der Waals surface area contributed by atoms with Crippen LogP contribution in [0, 0.1) is 18.3 Å². The van der Waals surface area contributed by atoms with Crippen molar-refractivity contribution in [3.63, 3.8) is 0 Å². The molecule has 8 heteroatoms. The Balaban J connectivity index is 2.45. The monoisotopic (exact) mass is 521 g/mol. The zero-order valence-corrected chi connectivity index (χ0v) is 23.3. The van der Waals surface area contributed by atoms with Crippen LogP contribution < -0.4 is 15.4 Å². The third-order valence-corrected chi connectivity index (χ3v) is 5.63. The van der Waals surface area contributed by atoms with Crippen molar-refractivity contribution < 1.29 is 23.9 Å². The second kappa shape index (κ2) is 13.5. The molecule has 204 valence electrons. The van der Waals surface area contributed by atoms with Crippen LogP contribution in [0.15, 0.2) is 48.5 Å². The summed E-state index contributed by atoms with van der Waals surface area (Å²) < 4.78 is 10.6. The molecule has 0 radical (unpaired) electrons. The van der Waals surface area contributed by atoms with Crippen LogP contribution in [0.25, 0.3) is 0 Å². The van der Waals surface area contributed by atoms with Crippen molar-refractivity contribution in [2.24, 2.45) is 5.92 Å². The van der Waals surface area contributed by atoms with Crippen molar-refractivity contribution in [2.75, 3.05) is 19.0 Å². The van der Waals surface area contributed by atoms with Crippen LogP contribution in [-0.2, 0) is 14.3 Å². The van der Waals surface area contributed by atoms with E-state index in [1.807, 2.05) is 13.8 Å². The fraction of sp³-hybridized carbons (Fsp3) is 0.433. The quantitative estimate of drug-likeness (QED) is 0.422. The van der Waals surface area contributed by atoms with Crippen LogP contribution in [0.5, 0.6) is 5.75 Å². The van der Waals surface area contributed by atoms with Gasteiger partial charge in [0.05, 0.1) is 7.11 Å². The molecular weight excluding hydrogens is 482 g/mol. The average Bonchev–Trinajstić information content (AvgIpc) is 2.85. The number of amides is 3. The molecule has 2 aromatic rings. The molecule has 2 aromatic carbocycles. The van der Waals surface area contributed by atoms with Gasteiger partial charge in [0.15, 0.2) is 0 Å². The van der Waals surface area contributed by atoms with Crippen molar-refractivity contribution in [1.29, 1.82) is 0 Å². The summed E-state index contributed by atoms with van der Waals surface area (Å²) in [5.41, 5.74) is 1.07. The molecule has 0 bridgehead atoms. The van der Waals surface area contributed by atoms with E-state index >= 15 is 0 Å². The molecule has 0 heterocycles. The summed E-state index contributed by atoms with van der Waals surface area (Å²) in [6.07, 6.45) is 5.20. The van der Waals surface area contributed by atoms with Crippen LogP contribution in [0.4, 0.5) is 10.5 Å². The molecule has 0 aliphatic carbocycles. The minimum Gasteiger partial charge on any atom is -0.497 e. The highest BCUT2D eigenvalue weighted by Crippen LogP contribution is 2.26. The Morgan fingerprint density at radius 1 is 1.03 bits per heavy atom. The molecular formula is C30H39N3O5. The zero-order valence-electron chi connectivity index (χ0n) is 23.3. The van der Waals surface area contributed by atoms with Crippen LogP contribution in [-0.4, -0.2) is 48.1 Å². The molecule has 0 fully saturated rings. The van der Waals surface area contributed by atoms with Crippen LogP contribution >= 0.6 is 0 Å². The predicted octanol–water partition coefficient (Wildman–Crippen LogP) is 5.14. The van der Waals surface area contributed by atoms with E-state index in [0.717, 1.165) is 0 Å². The number of carbonyl (C=O) groups excluding carboxylic acids is 3. The first-order valence-electron chi connectivity index (χ1n) is 12.7. The number of hydrogen-bond donors (Lipinski definition) is 2. The number of methoxy groups -OCH3 is 1. The summed E-state index contributed by atoms with van der Waals surface area (Å²) in [4.78, 5) is 41.7. The molecule has 0 saturated carbocycles. The molecule has 0 spiro atoms. The summed E-state index contributed by atoms with van der Waals surface area (Å²) in [6.45, 7) is 11.2. The number of hydrogen-bond acceptors (Lipinski definition) is 5. The molecule has 0 aliphatic rings. The van der Waals surface area contributed by atoms with E-state index in [2.05, 4.69) is 16.6 Å². The lowest BCUT2D eigenvalue weighted by Gasteiger charge is -2.34. The summed E-state index contributed by atoms with van der Waals surface area (Å²) in [5.74, 6) is 2.52. The number of ether oxygens (including phenoxy) is 2. The molecule has 2 unspecified atom stereocenters. The van der Waals surface area contributed by atoms with Gasteiger partial charge in [-0.1, -0.05) is 31.9 Å². The van der Waals surface area contributed by atoms with E-state index in [0.29, 0.717) is 29.0 Å². The highest BCUT2D eigenvalue weighted by molar-refractivity contribution is 5.99.